The maximum absolute atomic E-state index is 11.8. The zero-order valence-corrected chi connectivity index (χ0v) is 11.9. The number of hydrogen-bond acceptors (Lipinski definition) is 3. The van der Waals surface area contributed by atoms with Crippen molar-refractivity contribution in [3.05, 3.63) is 35.9 Å². The molecule has 1 saturated heterocycles. The summed E-state index contributed by atoms with van der Waals surface area (Å²) in [5.74, 6) is 0.0240. The average molecular weight is 284 g/mol. The molecule has 1 fully saturated rings. The minimum atomic E-state index is 0. The molecule has 1 heterocycles. The topological polar surface area (TPSA) is 44.4 Å². The fourth-order valence-electron chi connectivity index (χ4n) is 2.13. The number of nitrogens with one attached hydrogen (secondary N) is 2. The van der Waals surface area contributed by atoms with Crippen molar-refractivity contribution in [2.24, 2.45) is 0 Å². The molecule has 4 nitrogen and oxygen atoms in total. The molecule has 1 aromatic rings. The van der Waals surface area contributed by atoms with Crippen LogP contribution in [0.2, 0.25) is 0 Å². The number of piperazine rings is 1. The Hall–Kier alpha value is -1.10. The molecule has 0 saturated carbocycles. The minimum Gasteiger partial charge on any atom is -0.352 e. The molecule has 5 heteroatoms. The summed E-state index contributed by atoms with van der Waals surface area (Å²) in [6, 6.07) is 9.36. The molecule has 0 bridgehead atoms. The van der Waals surface area contributed by atoms with E-state index < -0.39 is 0 Å². The van der Waals surface area contributed by atoms with E-state index in [2.05, 4.69) is 15.5 Å². The van der Waals surface area contributed by atoms with Crippen molar-refractivity contribution < 1.29 is 4.79 Å². The van der Waals surface area contributed by atoms with Crippen LogP contribution in [-0.2, 0) is 0 Å². The highest BCUT2D eigenvalue weighted by Crippen LogP contribution is 1.98. The fraction of sp³-hybridized carbons (Fsp3) is 0.500. The Morgan fingerprint density at radius 2 is 1.89 bits per heavy atom. The SMILES string of the molecule is Cl.O=C(NCCCN1CCNCC1)c1ccccc1. The van der Waals surface area contributed by atoms with Gasteiger partial charge in [0.05, 0.1) is 0 Å². The Kier molecular flexibility index (Phi) is 7.48. The summed E-state index contributed by atoms with van der Waals surface area (Å²) in [6.45, 7) is 6.21. The largest absolute Gasteiger partial charge is 0.352 e. The summed E-state index contributed by atoms with van der Waals surface area (Å²) < 4.78 is 0. The zero-order chi connectivity index (χ0) is 12.6. The highest BCUT2D eigenvalue weighted by molar-refractivity contribution is 5.94. The number of benzene rings is 1. The van der Waals surface area contributed by atoms with Gasteiger partial charge in [0.15, 0.2) is 0 Å². The second kappa shape index (κ2) is 8.91. The summed E-state index contributed by atoms with van der Waals surface area (Å²) in [5, 5.41) is 6.29. The van der Waals surface area contributed by atoms with Crippen LogP contribution in [0.4, 0.5) is 0 Å². The lowest BCUT2D eigenvalue weighted by Crippen LogP contribution is -2.44. The Morgan fingerprint density at radius 1 is 1.21 bits per heavy atom. The minimum absolute atomic E-state index is 0. The van der Waals surface area contributed by atoms with Crippen LogP contribution < -0.4 is 10.6 Å². The van der Waals surface area contributed by atoms with Crippen molar-refractivity contribution >= 4 is 18.3 Å². The van der Waals surface area contributed by atoms with E-state index in [1.807, 2.05) is 30.3 Å². The summed E-state index contributed by atoms with van der Waals surface area (Å²) >= 11 is 0. The van der Waals surface area contributed by atoms with Crippen LogP contribution >= 0.6 is 12.4 Å². The van der Waals surface area contributed by atoms with Crippen molar-refractivity contribution in [3.8, 4) is 0 Å². The second-order valence-corrected chi connectivity index (χ2v) is 4.57. The molecular weight excluding hydrogens is 262 g/mol. The van der Waals surface area contributed by atoms with Crippen molar-refractivity contribution in [3.63, 3.8) is 0 Å². The monoisotopic (exact) mass is 283 g/mol. The molecule has 1 aromatic carbocycles. The number of amides is 1. The van der Waals surface area contributed by atoms with Crippen molar-refractivity contribution in [2.45, 2.75) is 6.42 Å². The van der Waals surface area contributed by atoms with Crippen LogP contribution in [-0.4, -0.2) is 50.1 Å². The number of carbonyl (C=O) groups is 1. The molecule has 106 valence electrons. The molecular formula is C14H22ClN3O. The zero-order valence-electron chi connectivity index (χ0n) is 11.1. The Labute approximate surface area is 121 Å². The van der Waals surface area contributed by atoms with Gasteiger partial charge in [0.25, 0.3) is 5.91 Å². The molecule has 1 aliphatic heterocycles. The highest BCUT2D eigenvalue weighted by Gasteiger charge is 2.09. The van der Waals surface area contributed by atoms with Crippen LogP contribution in [0.25, 0.3) is 0 Å². The van der Waals surface area contributed by atoms with Crippen LogP contribution in [0.3, 0.4) is 0 Å². The van der Waals surface area contributed by atoms with Crippen molar-refractivity contribution in [1.82, 2.24) is 15.5 Å². The van der Waals surface area contributed by atoms with Crippen molar-refractivity contribution in [2.75, 3.05) is 39.3 Å². The van der Waals surface area contributed by atoms with Gasteiger partial charge in [-0.15, -0.1) is 12.4 Å². The normalized spacial score (nSPS) is 15.6. The average Bonchev–Trinajstić information content (AvgIpc) is 2.45. The molecule has 1 aliphatic rings. The first-order valence-corrected chi connectivity index (χ1v) is 6.62. The maximum Gasteiger partial charge on any atom is 0.251 e. The third-order valence-electron chi connectivity index (χ3n) is 3.18. The lowest BCUT2D eigenvalue weighted by atomic mass is 10.2. The quantitative estimate of drug-likeness (QED) is 0.797. The summed E-state index contributed by atoms with van der Waals surface area (Å²) in [4.78, 5) is 14.2. The fourth-order valence-corrected chi connectivity index (χ4v) is 2.13. The van der Waals surface area contributed by atoms with E-state index >= 15 is 0 Å². The molecule has 0 aromatic heterocycles. The third-order valence-corrected chi connectivity index (χ3v) is 3.18. The summed E-state index contributed by atoms with van der Waals surface area (Å²) in [7, 11) is 0. The molecule has 0 aliphatic carbocycles. The Balaban J connectivity index is 0.00000180. The van der Waals surface area contributed by atoms with Gasteiger partial charge in [-0.05, 0) is 25.1 Å². The standard InChI is InChI=1S/C14H21N3O.ClH/c18-14(13-5-2-1-3-6-13)16-7-4-10-17-11-8-15-9-12-17;/h1-3,5-6,15H,4,7-12H2,(H,16,18);1H. The number of nitrogens with zero attached hydrogens (tertiary/aromatic N) is 1. The van der Waals surface area contributed by atoms with Gasteiger partial charge in [-0.2, -0.15) is 0 Å². The van der Waals surface area contributed by atoms with E-state index in [1.165, 1.54) is 0 Å². The van der Waals surface area contributed by atoms with Gasteiger partial charge in [-0.1, -0.05) is 18.2 Å². The van der Waals surface area contributed by atoms with Gasteiger partial charge in [0, 0.05) is 38.3 Å². The maximum atomic E-state index is 11.8. The van der Waals surface area contributed by atoms with Gasteiger partial charge < -0.3 is 15.5 Å². The van der Waals surface area contributed by atoms with Crippen LogP contribution in [0.15, 0.2) is 30.3 Å². The lowest BCUT2D eigenvalue weighted by Gasteiger charge is -2.27. The third kappa shape index (κ3) is 5.59. The summed E-state index contributed by atoms with van der Waals surface area (Å²) in [6.07, 6.45) is 1.01. The van der Waals surface area contributed by atoms with E-state index in [0.717, 1.165) is 51.3 Å². The molecule has 0 atom stereocenters. The van der Waals surface area contributed by atoms with Gasteiger partial charge >= 0.3 is 0 Å². The number of carbonyl (C=O) groups excluding carboxylic acids is 1. The second-order valence-electron chi connectivity index (χ2n) is 4.57. The molecule has 2 rings (SSSR count). The summed E-state index contributed by atoms with van der Waals surface area (Å²) in [5.41, 5.74) is 0.736. The Bertz CT molecular complexity index is 366. The van der Waals surface area contributed by atoms with E-state index in [-0.39, 0.29) is 18.3 Å². The lowest BCUT2D eigenvalue weighted by molar-refractivity contribution is 0.0951. The molecule has 19 heavy (non-hydrogen) atoms. The molecule has 1 amide bonds. The number of halogens is 1. The first-order chi connectivity index (χ1) is 8.86. The first kappa shape index (κ1) is 16.0. The predicted octanol–water partition coefficient (Wildman–Crippen LogP) is 1.13. The van der Waals surface area contributed by atoms with Gasteiger partial charge in [-0.3, -0.25) is 4.79 Å². The van der Waals surface area contributed by atoms with Crippen LogP contribution in [0, 0.1) is 0 Å². The van der Waals surface area contributed by atoms with Gasteiger partial charge in [-0.25, -0.2) is 0 Å². The van der Waals surface area contributed by atoms with E-state index in [9.17, 15) is 4.79 Å². The van der Waals surface area contributed by atoms with Gasteiger partial charge in [0.2, 0.25) is 0 Å². The predicted molar refractivity (Wildman–Crippen MR) is 79.9 cm³/mol. The first-order valence-electron chi connectivity index (χ1n) is 6.62. The highest BCUT2D eigenvalue weighted by atomic mass is 35.5. The van der Waals surface area contributed by atoms with Crippen molar-refractivity contribution in [1.29, 1.82) is 0 Å². The van der Waals surface area contributed by atoms with Crippen LogP contribution in [0.1, 0.15) is 16.8 Å². The molecule has 2 N–H and O–H groups in total. The van der Waals surface area contributed by atoms with E-state index in [4.69, 9.17) is 0 Å². The molecule has 0 unspecified atom stereocenters. The van der Waals surface area contributed by atoms with E-state index in [1.54, 1.807) is 0 Å². The number of rotatable bonds is 5. The van der Waals surface area contributed by atoms with E-state index in [0.29, 0.717) is 0 Å². The van der Waals surface area contributed by atoms with Crippen LogP contribution in [0.5, 0.6) is 0 Å². The Morgan fingerprint density at radius 3 is 2.58 bits per heavy atom. The molecule has 0 spiro atoms. The number of hydrogen-bond donors (Lipinski definition) is 2. The van der Waals surface area contributed by atoms with Gasteiger partial charge in [0.1, 0.15) is 0 Å². The molecule has 0 radical (unpaired) electrons. The smallest absolute Gasteiger partial charge is 0.251 e.